The number of nitro groups is 1. The lowest BCUT2D eigenvalue weighted by Gasteiger charge is -1.98. The van der Waals surface area contributed by atoms with Gasteiger partial charge in [0.1, 0.15) is 18.1 Å². The Kier molecular flexibility index (Phi) is 2.32. The normalized spacial score (nSPS) is 10.2. The first-order valence-corrected chi connectivity index (χ1v) is 4.54. The summed E-state index contributed by atoms with van der Waals surface area (Å²) in [5.74, 6) is 0.111. The van der Waals surface area contributed by atoms with Gasteiger partial charge < -0.3 is 0 Å². The third-order valence-corrected chi connectivity index (χ3v) is 2.15. The first kappa shape index (κ1) is 10.7. The van der Waals surface area contributed by atoms with Gasteiger partial charge in [-0.3, -0.25) is 10.1 Å². The second kappa shape index (κ2) is 3.67. The molecule has 0 saturated heterocycles. The van der Waals surface area contributed by atoms with Gasteiger partial charge in [0.05, 0.1) is 4.92 Å². The molecule has 0 unspecified atom stereocenters. The van der Waals surface area contributed by atoms with E-state index in [2.05, 4.69) is 15.2 Å². The molecule has 2 aromatic heterocycles. The van der Waals surface area contributed by atoms with Gasteiger partial charge in [-0.2, -0.15) is 15.0 Å². The molecule has 0 aliphatic rings. The van der Waals surface area contributed by atoms with Crippen molar-refractivity contribution in [2.75, 3.05) is 0 Å². The monoisotopic (exact) mass is 233 g/mol. The van der Waals surface area contributed by atoms with Gasteiger partial charge in [-0.25, -0.2) is 9.67 Å². The van der Waals surface area contributed by atoms with E-state index < -0.39 is 4.92 Å². The fraction of sp³-hybridized carbons (Fsp3) is 0.250. The minimum Gasteiger partial charge on any atom is -0.258 e. The van der Waals surface area contributed by atoms with Crippen molar-refractivity contribution in [3.8, 4) is 11.9 Å². The quantitative estimate of drug-likeness (QED) is 0.536. The van der Waals surface area contributed by atoms with Crippen LogP contribution in [0.2, 0.25) is 0 Å². The highest BCUT2D eigenvalue weighted by Gasteiger charge is 2.26. The van der Waals surface area contributed by atoms with Crippen molar-refractivity contribution in [2.45, 2.75) is 6.92 Å². The molecular weight excluding hydrogens is 226 g/mol. The van der Waals surface area contributed by atoms with Crippen molar-refractivity contribution in [2.24, 2.45) is 7.05 Å². The van der Waals surface area contributed by atoms with Gasteiger partial charge in [0.15, 0.2) is 0 Å². The zero-order chi connectivity index (χ0) is 12.6. The molecule has 0 aliphatic heterocycles. The highest BCUT2D eigenvalue weighted by atomic mass is 16.6. The van der Waals surface area contributed by atoms with Crippen LogP contribution >= 0.6 is 0 Å². The molecule has 0 aromatic carbocycles. The van der Waals surface area contributed by atoms with Gasteiger partial charge in [0, 0.05) is 7.05 Å². The maximum Gasteiger partial charge on any atom is 0.336 e. The number of nitrogens with zero attached hydrogens (tertiary/aromatic N) is 7. The van der Waals surface area contributed by atoms with Gasteiger partial charge in [-0.05, 0) is 6.92 Å². The third kappa shape index (κ3) is 1.61. The van der Waals surface area contributed by atoms with E-state index in [0.29, 0.717) is 0 Å². The van der Waals surface area contributed by atoms with Crippen LogP contribution in [-0.2, 0) is 7.05 Å². The van der Waals surface area contributed by atoms with Crippen molar-refractivity contribution in [1.29, 1.82) is 5.26 Å². The predicted molar refractivity (Wildman–Crippen MR) is 54.2 cm³/mol. The molecule has 0 fully saturated rings. The first-order chi connectivity index (χ1) is 8.04. The van der Waals surface area contributed by atoms with Crippen molar-refractivity contribution < 1.29 is 4.92 Å². The van der Waals surface area contributed by atoms with E-state index in [1.807, 2.05) is 0 Å². The molecule has 86 valence electrons. The zero-order valence-electron chi connectivity index (χ0n) is 9.02. The lowest BCUT2D eigenvalue weighted by Crippen LogP contribution is -2.06. The second-order valence-electron chi connectivity index (χ2n) is 3.26. The lowest BCUT2D eigenvalue weighted by atomic mass is 10.4. The molecule has 0 N–H and O–H groups in total. The Balaban J connectivity index is 2.66. The summed E-state index contributed by atoms with van der Waals surface area (Å²) in [4.78, 5) is 14.1. The number of rotatable bonds is 2. The van der Waals surface area contributed by atoms with Crippen molar-refractivity contribution in [1.82, 2.24) is 24.5 Å². The molecule has 2 aromatic rings. The average Bonchev–Trinajstić information content (AvgIpc) is 2.81. The van der Waals surface area contributed by atoms with E-state index in [1.165, 1.54) is 17.9 Å². The molecular formula is C8H7N7O2. The van der Waals surface area contributed by atoms with E-state index >= 15 is 0 Å². The Morgan fingerprint density at radius 3 is 2.76 bits per heavy atom. The van der Waals surface area contributed by atoms with Crippen LogP contribution in [0, 0.1) is 28.4 Å². The Hall–Kier alpha value is -2.76. The van der Waals surface area contributed by atoms with Crippen LogP contribution in [0.4, 0.5) is 5.69 Å². The van der Waals surface area contributed by atoms with Gasteiger partial charge in [-0.15, -0.1) is 5.10 Å². The summed E-state index contributed by atoms with van der Waals surface area (Å²) in [6.45, 7) is 1.53. The minimum atomic E-state index is -0.536. The Labute approximate surface area is 95.1 Å². The molecule has 9 heteroatoms. The topological polar surface area (TPSA) is 115 Å². The molecule has 0 amide bonds. The summed E-state index contributed by atoms with van der Waals surface area (Å²) in [6.07, 6.45) is 1.24. The van der Waals surface area contributed by atoms with Crippen molar-refractivity contribution in [3.05, 3.63) is 28.0 Å². The van der Waals surface area contributed by atoms with Gasteiger partial charge in [0.2, 0.25) is 5.82 Å². The second-order valence-corrected chi connectivity index (χ2v) is 3.26. The van der Waals surface area contributed by atoms with Gasteiger partial charge in [0.25, 0.3) is 5.82 Å². The maximum atomic E-state index is 10.9. The standard InChI is InChI=1S/C8H7N7O2/c1-5-7(15(16)17)8(13(2)11-5)14-4-10-6(3-9)12-14/h4H,1-2H3. The number of hydrogen-bond donors (Lipinski definition) is 0. The lowest BCUT2D eigenvalue weighted by molar-refractivity contribution is -0.385. The molecule has 2 rings (SSSR count). The Morgan fingerprint density at radius 2 is 2.24 bits per heavy atom. The van der Waals surface area contributed by atoms with E-state index in [-0.39, 0.29) is 23.0 Å². The largest absolute Gasteiger partial charge is 0.336 e. The molecule has 0 bridgehead atoms. The van der Waals surface area contributed by atoms with Gasteiger partial charge in [-0.1, -0.05) is 0 Å². The SMILES string of the molecule is Cc1nn(C)c(-n2cnc(C#N)n2)c1[N+](=O)[O-]. The number of aryl methyl sites for hydroxylation is 2. The smallest absolute Gasteiger partial charge is 0.258 e. The summed E-state index contributed by atoms with van der Waals surface area (Å²) in [6, 6.07) is 1.75. The maximum absolute atomic E-state index is 10.9. The van der Waals surface area contributed by atoms with Crippen molar-refractivity contribution in [3.63, 3.8) is 0 Å². The molecule has 9 nitrogen and oxygen atoms in total. The Bertz CT molecular complexity index is 633. The molecule has 0 spiro atoms. The molecule has 0 radical (unpaired) electrons. The van der Waals surface area contributed by atoms with E-state index in [4.69, 9.17) is 5.26 Å². The van der Waals surface area contributed by atoms with Crippen LogP contribution in [0.15, 0.2) is 6.33 Å². The number of aromatic nitrogens is 5. The predicted octanol–water partition coefficient (Wildman–Crippen LogP) is 0.0891. The summed E-state index contributed by atoms with van der Waals surface area (Å²) in [7, 11) is 1.56. The summed E-state index contributed by atoms with van der Waals surface area (Å²) >= 11 is 0. The van der Waals surface area contributed by atoms with Crippen LogP contribution in [0.25, 0.3) is 5.82 Å². The molecule has 0 saturated carbocycles. The van der Waals surface area contributed by atoms with Gasteiger partial charge >= 0.3 is 5.69 Å². The van der Waals surface area contributed by atoms with E-state index in [1.54, 1.807) is 13.1 Å². The third-order valence-electron chi connectivity index (χ3n) is 2.15. The molecule has 0 aliphatic carbocycles. The minimum absolute atomic E-state index is 0.0573. The summed E-state index contributed by atoms with van der Waals surface area (Å²) < 4.78 is 2.49. The summed E-state index contributed by atoms with van der Waals surface area (Å²) in [5, 5.41) is 27.3. The molecule has 0 atom stereocenters. The number of hydrogen-bond acceptors (Lipinski definition) is 6. The average molecular weight is 233 g/mol. The first-order valence-electron chi connectivity index (χ1n) is 4.54. The fourth-order valence-electron chi connectivity index (χ4n) is 1.52. The Morgan fingerprint density at radius 1 is 1.53 bits per heavy atom. The molecule has 17 heavy (non-hydrogen) atoms. The van der Waals surface area contributed by atoms with Crippen LogP contribution in [0.5, 0.6) is 0 Å². The van der Waals surface area contributed by atoms with Crippen LogP contribution < -0.4 is 0 Å². The fourth-order valence-corrected chi connectivity index (χ4v) is 1.52. The van der Waals surface area contributed by atoms with E-state index in [0.717, 1.165) is 4.68 Å². The summed E-state index contributed by atoms with van der Waals surface area (Å²) in [5.41, 5.74) is 0.128. The zero-order valence-corrected chi connectivity index (χ0v) is 9.02. The van der Waals surface area contributed by atoms with E-state index in [9.17, 15) is 10.1 Å². The molecule has 2 heterocycles. The highest BCUT2D eigenvalue weighted by Crippen LogP contribution is 2.24. The van der Waals surface area contributed by atoms with Crippen molar-refractivity contribution >= 4 is 5.69 Å². The highest BCUT2D eigenvalue weighted by molar-refractivity contribution is 5.50. The van der Waals surface area contributed by atoms with Crippen LogP contribution in [0.1, 0.15) is 11.5 Å². The van der Waals surface area contributed by atoms with Crippen LogP contribution in [-0.4, -0.2) is 29.5 Å². The number of nitriles is 1. The van der Waals surface area contributed by atoms with Crippen LogP contribution in [0.3, 0.4) is 0 Å².